The van der Waals surface area contributed by atoms with E-state index in [-0.39, 0.29) is 29.9 Å². The number of hydrogen-bond acceptors (Lipinski definition) is 3. The van der Waals surface area contributed by atoms with Gasteiger partial charge in [0.1, 0.15) is 5.75 Å². The number of carbonyl (C=O) groups is 2. The van der Waals surface area contributed by atoms with E-state index in [4.69, 9.17) is 0 Å². The standard InChI is InChI=1S/C16H22N2O3/c1-11(2)7-8-18-10-12(9-15(18)20)16(21)17-13-3-5-14(19)6-4-13/h3-6,11-12,19H,7-10H2,1-2H3,(H,17,21)/t12-/m0/s1. The van der Waals surface area contributed by atoms with E-state index in [1.54, 1.807) is 17.0 Å². The number of nitrogens with zero attached hydrogens (tertiary/aromatic N) is 1. The molecule has 1 fully saturated rings. The van der Waals surface area contributed by atoms with Crippen LogP contribution >= 0.6 is 0 Å². The molecular formula is C16H22N2O3. The Morgan fingerprint density at radius 1 is 1.38 bits per heavy atom. The number of amides is 2. The number of benzene rings is 1. The van der Waals surface area contributed by atoms with Crippen LogP contribution in [0.1, 0.15) is 26.7 Å². The molecule has 1 aromatic rings. The molecule has 0 aliphatic carbocycles. The maximum Gasteiger partial charge on any atom is 0.229 e. The molecule has 1 aliphatic heterocycles. The summed E-state index contributed by atoms with van der Waals surface area (Å²) in [6, 6.07) is 6.32. The van der Waals surface area contributed by atoms with Gasteiger partial charge in [-0.05, 0) is 36.6 Å². The Balaban J connectivity index is 1.89. The molecular weight excluding hydrogens is 268 g/mol. The topological polar surface area (TPSA) is 69.6 Å². The zero-order valence-electron chi connectivity index (χ0n) is 12.5. The zero-order valence-corrected chi connectivity index (χ0v) is 12.5. The lowest BCUT2D eigenvalue weighted by Crippen LogP contribution is -2.29. The first-order valence-electron chi connectivity index (χ1n) is 7.33. The molecule has 1 aliphatic rings. The third kappa shape index (κ3) is 4.21. The predicted octanol–water partition coefficient (Wildman–Crippen LogP) is 2.23. The summed E-state index contributed by atoms with van der Waals surface area (Å²) in [6.07, 6.45) is 1.24. The van der Waals surface area contributed by atoms with Crippen molar-refractivity contribution in [3.05, 3.63) is 24.3 Å². The van der Waals surface area contributed by atoms with Crippen LogP contribution in [0.3, 0.4) is 0 Å². The van der Waals surface area contributed by atoms with Gasteiger partial charge in [-0.3, -0.25) is 9.59 Å². The van der Waals surface area contributed by atoms with E-state index >= 15 is 0 Å². The molecule has 1 heterocycles. The lowest BCUT2D eigenvalue weighted by atomic mass is 10.1. The molecule has 0 unspecified atom stereocenters. The molecule has 21 heavy (non-hydrogen) atoms. The maximum absolute atomic E-state index is 12.2. The summed E-state index contributed by atoms with van der Waals surface area (Å²) in [4.78, 5) is 25.9. The minimum Gasteiger partial charge on any atom is -0.508 e. The molecule has 1 atom stereocenters. The van der Waals surface area contributed by atoms with Gasteiger partial charge in [0.25, 0.3) is 0 Å². The average molecular weight is 290 g/mol. The molecule has 5 nitrogen and oxygen atoms in total. The first-order valence-corrected chi connectivity index (χ1v) is 7.33. The third-order valence-electron chi connectivity index (χ3n) is 3.70. The van der Waals surface area contributed by atoms with E-state index in [0.717, 1.165) is 13.0 Å². The number of carbonyl (C=O) groups excluding carboxylic acids is 2. The highest BCUT2D eigenvalue weighted by Gasteiger charge is 2.33. The smallest absolute Gasteiger partial charge is 0.229 e. The third-order valence-corrected chi connectivity index (χ3v) is 3.70. The second-order valence-corrected chi connectivity index (χ2v) is 5.96. The Labute approximate surface area is 125 Å². The normalized spacial score (nSPS) is 18.3. The van der Waals surface area contributed by atoms with E-state index in [2.05, 4.69) is 19.2 Å². The minimum atomic E-state index is -0.293. The molecule has 0 radical (unpaired) electrons. The van der Waals surface area contributed by atoms with Crippen LogP contribution in [0.4, 0.5) is 5.69 Å². The van der Waals surface area contributed by atoms with Crippen molar-refractivity contribution < 1.29 is 14.7 Å². The number of anilines is 1. The summed E-state index contributed by atoms with van der Waals surface area (Å²) in [5.74, 6) is 0.327. The van der Waals surface area contributed by atoms with Crippen LogP contribution in [0.15, 0.2) is 24.3 Å². The number of likely N-dealkylation sites (tertiary alicyclic amines) is 1. The van der Waals surface area contributed by atoms with Gasteiger partial charge in [0.05, 0.1) is 5.92 Å². The van der Waals surface area contributed by atoms with Crippen molar-refractivity contribution in [3.8, 4) is 5.75 Å². The minimum absolute atomic E-state index is 0.0570. The van der Waals surface area contributed by atoms with E-state index in [9.17, 15) is 14.7 Å². The fourth-order valence-corrected chi connectivity index (χ4v) is 2.37. The fraction of sp³-hybridized carbons (Fsp3) is 0.500. The summed E-state index contributed by atoms with van der Waals surface area (Å²) < 4.78 is 0. The van der Waals surface area contributed by atoms with Gasteiger partial charge in [-0.1, -0.05) is 13.8 Å². The van der Waals surface area contributed by atoms with Crippen LogP contribution in [-0.4, -0.2) is 34.9 Å². The number of aromatic hydroxyl groups is 1. The quantitative estimate of drug-likeness (QED) is 0.817. The highest BCUT2D eigenvalue weighted by Crippen LogP contribution is 2.21. The molecule has 1 saturated heterocycles. The summed E-state index contributed by atoms with van der Waals surface area (Å²) in [5, 5.41) is 12.0. The number of rotatable bonds is 5. The van der Waals surface area contributed by atoms with Crippen LogP contribution in [0, 0.1) is 11.8 Å². The van der Waals surface area contributed by atoms with Crippen LogP contribution < -0.4 is 5.32 Å². The van der Waals surface area contributed by atoms with Gasteiger partial charge in [-0.15, -0.1) is 0 Å². The van der Waals surface area contributed by atoms with Crippen molar-refractivity contribution in [1.82, 2.24) is 4.90 Å². The average Bonchev–Trinajstić information content (AvgIpc) is 2.80. The van der Waals surface area contributed by atoms with E-state index < -0.39 is 0 Å². The predicted molar refractivity (Wildman–Crippen MR) is 80.9 cm³/mol. The number of hydrogen-bond donors (Lipinski definition) is 2. The van der Waals surface area contributed by atoms with Gasteiger partial charge >= 0.3 is 0 Å². The van der Waals surface area contributed by atoms with Crippen LogP contribution in [0.5, 0.6) is 5.75 Å². The Hall–Kier alpha value is -2.04. The van der Waals surface area contributed by atoms with Crippen molar-refractivity contribution in [2.45, 2.75) is 26.7 Å². The Morgan fingerprint density at radius 2 is 2.05 bits per heavy atom. The lowest BCUT2D eigenvalue weighted by Gasteiger charge is -2.17. The van der Waals surface area contributed by atoms with Gasteiger partial charge in [0, 0.05) is 25.2 Å². The molecule has 0 saturated carbocycles. The molecule has 1 aromatic carbocycles. The highest BCUT2D eigenvalue weighted by molar-refractivity contribution is 5.97. The monoisotopic (exact) mass is 290 g/mol. The Morgan fingerprint density at radius 3 is 2.67 bits per heavy atom. The van der Waals surface area contributed by atoms with Crippen molar-refractivity contribution in [2.75, 3.05) is 18.4 Å². The van der Waals surface area contributed by atoms with E-state index in [0.29, 0.717) is 18.2 Å². The zero-order chi connectivity index (χ0) is 15.4. The summed E-state index contributed by atoms with van der Waals surface area (Å²) in [6.45, 7) is 5.46. The first kappa shape index (κ1) is 15.4. The number of phenols is 1. The molecule has 2 N–H and O–H groups in total. The fourth-order valence-electron chi connectivity index (χ4n) is 2.37. The van der Waals surface area contributed by atoms with Crippen molar-refractivity contribution in [2.24, 2.45) is 11.8 Å². The molecule has 0 aromatic heterocycles. The Kier molecular flexibility index (Phi) is 4.83. The second kappa shape index (κ2) is 6.61. The largest absolute Gasteiger partial charge is 0.508 e. The van der Waals surface area contributed by atoms with Crippen molar-refractivity contribution in [1.29, 1.82) is 0 Å². The van der Waals surface area contributed by atoms with Crippen LogP contribution in [0.25, 0.3) is 0 Å². The van der Waals surface area contributed by atoms with Crippen molar-refractivity contribution in [3.63, 3.8) is 0 Å². The number of nitrogens with one attached hydrogen (secondary N) is 1. The summed E-state index contributed by atoms with van der Waals surface area (Å²) >= 11 is 0. The van der Waals surface area contributed by atoms with Gasteiger partial charge in [0.2, 0.25) is 11.8 Å². The Bertz CT molecular complexity index is 511. The maximum atomic E-state index is 12.2. The van der Waals surface area contributed by atoms with E-state index in [1.807, 2.05) is 0 Å². The second-order valence-electron chi connectivity index (χ2n) is 5.96. The van der Waals surface area contributed by atoms with Gasteiger partial charge in [-0.25, -0.2) is 0 Å². The molecule has 5 heteroatoms. The van der Waals surface area contributed by atoms with Gasteiger partial charge < -0.3 is 15.3 Å². The van der Waals surface area contributed by atoms with Gasteiger partial charge in [0.15, 0.2) is 0 Å². The molecule has 2 rings (SSSR count). The molecule has 2 amide bonds. The summed E-state index contributed by atoms with van der Waals surface area (Å²) in [7, 11) is 0. The number of phenolic OH excluding ortho intramolecular Hbond substituents is 1. The molecule has 114 valence electrons. The lowest BCUT2D eigenvalue weighted by molar-refractivity contribution is -0.128. The van der Waals surface area contributed by atoms with Crippen LogP contribution in [-0.2, 0) is 9.59 Å². The molecule has 0 bridgehead atoms. The summed E-state index contributed by atoms with van der Waals surface area (Å²) in [5.41, 5.74) is 0.630. The SMILES string of the molecule is CC(C)CCN1C[C@@H](C(=O)Nc2ccc(O)cc2)CC1=O. The van der Waals surface area contributed by atoms with Crippen LogP contribution in [0.2, 0.25) is 0 Å². The highest BCUT2D eigenvalue weighted by atomic mass is 16.3. The van der Waals surface area contributed by atoms with Crippen molar-refractivity contribution >= 4 is 17.5 Å². The van der Waals surface area contributed by atoms with E-state index in [1.165, 1.54) is 12.1 Å². The first-order chi connectivity index (χ1) is 9.95. The molecule has 0 spiro atoms. The van der Waals surface area contributed by atoms with Gasteiger partial charge in [-0.2, -0.15) is 0 Å².